The number of rotatable bonds is 5. The standard InChI is InChI=1S/C12H25N3O/c1-2-10-4-3-5-11(7-6-10)14-8-9-15-12(13)16/h10-11,14H,2-9H2,1H3,(H3,13,15,16). The summed E-state index contributed by atoms with van der Waals surface area (Å²) in [6.45, 7) is 3.74. The third-order valence-electron chi connectivity index (χ3n) is 3.52. The number of hydrogen-bond donors (Lipinski definition) is 3. The first kappa shape index (κ1) is 13.3. The Hall–Kier alpha value is -0.770. The summed E-state index contributed by atoms with van der Waals surface area (Å²) in [5.74, 6) is 0.926. The van der Waals surface area contributed by atoms with E-state index in [9.17, 15) is 4.79 Å². The average molecular weight is 227 g/mol. The Morgan fingerprint density at radius 2 is 2.06 bits per heavy atom. The van der Waals surface area contributed by atoms with Crippen LogP contribution in [-0.4, -0.2) is 25.2 Å². The molecule has 2 atom stereocenters. The van der Waals surface area contributed by atoms with E-state index >= 15 is 0 Å². The molecule has 4 nitrogen and oxygen atoms in total. The summed E-state index contributed by atoms with van der Waals surface area (Å²) in [5, 5.41) is 6.09. The summed E-state index contributed by atoms with van der Waals surface area (Å²) in [6, 6.07) is 0.194. The fourth-order valence-corrected chi connectivity index (χ4v) is 2.45. The first-order valence-electron chi connectivity index (χ1n) is 6.49. The van der Waals surface area contributed by atoms with Gasteiger partial charge in [-0.2, -0.15) is 0 Å². The van der Waals surface area contributed by atoms with Gasteiger partial charge in [0.05, 0.1) is 0 Å². The van der Waals surface area contributed by atoms with E-state index in [4.69, 9.17) is 5.73 Å². The van der Waals surface area contributed by atoms with Gasteiger partial charge in [0.1, 0.15) is 0 Å². The second-order valence-corrected chi connectivity index (χ2v) is 4.72. The largest absolute Gasteiger partial charge is 0.352 e. The third kappa shape index (κ3) is 5.35. The molecule has 16 heavy (non-hydrogen) atoms. The molecule has 0 bridgehead atoms. The lowest BCUT2D eigenvalue weighted by Crippen LogP contribution is -2.38. The van der Waals surface area contributed by atoms with Gasteiger partial charge in [0.25, 0.3) is 0 Å². The molecule has 94 valence electrons. The Bertz CT molecular complexity index is 208. The Labute approximate surface area is 98.3 Å². The van der Waals surface area contributed by atoms with Crippen molar-refractivity contribution in [3.63, 3.8) is 0 Å². The monoisotopic (exact) mass is 227 g/mol. The molecule has 4 heteroatoms. The van der Waals surface area contributed by atoms with Gasteiger partial charge >= 0.3 is 6.03 Å². The lowest BCUT2D eigenvalue weighted by molar-refractivity contribution is 0.248. The zero-order chi connectivity index (χ0) is 11.8. The summed E-state index contributed by atoms with van der Waals surface area (Å²) in [6.07, 6.45) is 7.92. The second kappa shape index (κ2) is 7.49. The highest BCUT2D eigenvalue weighted by Gasteiger charge is 2.16. The summed E-state index contributed by atoms with van der Waals surface area (Å²) >= 11 is 0. The highest BCUT2D eigenvalue weighted by atomic mass is 16.2. The molecule has 0 spiro atoms. The van der Waals surface area contributed by atoms with Gasteiger partial charge in [-0.15, -0.1) is 0 Å². The molecule has 4 N–H and O–H groups in total. The number of carbonyl (C=O) groups excluding carboxylic acids is 1. The number of primary amides is 1. The Balaban J connectivity index is 2.10. The molecular weight excluding hydrogens is 202 g/mol. The van der Waals surface area contributed by atoms with E-state index in [2.05, 4.69) is 17.6 Å². The summed E-state index contributed by atoms with van der Waals surface area (Å²) in [7, 11) is 0. The van der Waals surface area contributed by atoms with Crippen molar-refractivity contribution in [1.82, 2.24) is 10.6 Å². The lowest BCUT2D eigenvalue weighted by atomic mass is 9.98. The van der Waals surface area contributed by atoms with Crippen LogP contribution >= 0.6 is 0 Å². The van der Waals surface area contributed by atoms with E-state index in [-0.39, 0.29) is 0 Å². The molecule has 1 rings (SSSR count). The molecule has 0 radical (unpaired) electrons. The van der Waals surface area contributed by atoms with E-state index < -0.39 is 6.03 Å². The van der Waals surface area contributed by atoms with Crippen LogP contribution in [0.3, 0.4) is 0 Å². The number of carbonyl (C=O) groups is 1. The van der Waals surface area contributed by atoms with Crippen molar-refractivity contribution < 1.29 is 4.79 Å². The van der Waals surface area contributed by atoms with Crippen molar-refractivity contribution >= 4 is 6.03 Å². The minimum Gasteiger partial charge on any atom is -0.352 e. The Kier molecular flexibility index (Phi) is 6.23. The maximum atomic E-state index is 10.5. The number of hydrogen-bond acceptors (Lipinski definition) is 2. The average Bonchev–Trinajstić information content (AvgIpc) is 2.49. The van der Waals surface area contributed by atoms with Crippen LogP contribution in [0.15, 0.2) is 0 Å². The van der Waals surface area contributed by atoms with Crippen molar-refractivity contribution in [2.75, 3.05) is 13.1 Å². The second-order valence-electron chi connectivity index (χ2n) is 4.72. The van der Waals surface area contributed by atoms with Gasteiger partial charge in [0, 0.05) is 19.1 Å². The maximum absolute atomic E-state index is 10.5. The molecule has 0 aromatic rings. The zero-order valence-electron chi connectivity index (χ0n) is 10.3. The van der Waals surface area contributed by atoms with Crippen LogP contribution in [0.5, 0.6) is 0 Å². The molecule has 2 unspecified atom stereocenters. The van der Waals surface area contributed by atoms with Gasteiger partial charge in [-0.3, -0.25) is 0 Å². The van der Waals surface area contributed by atoms with Crippen LogP contribution < -0.4 is 16.4 Å². The number of nitrogens with one attached hydrogen (secondary N) is 2. The molecular formula is C12H25N3O. The topological polar surface area (TPSA) is 67.2 Å². The zero-order valence-corrected chi connectivity index (χ0v) is 10.3. The molecule has 2 amide bonds. The highest BCUT2D eigenvalue weighted by Crippen LogP contribution is 2.25. The normalized spacial score (nSPS) is 26.1. The third-order valence-corrected chi connectivity index (χ3v) is 3.52. The first-order valence-corrected chi connectivity index (χ1v) is 6.49. The van der Waals surface area contributed by atoms with E-state index in [0.29, 0.717) is 12.6 Å². The molecule has 1 aliphatic carbocycles. The van der Waals surface area contributed by atoms with Crippen molar-refractivity contribution in [3.8, 4) is 0 Å². The van der Waals surface area contributed by atoms with Crippen molar-refractivity contribution in [2.45, 2.75) is 51.5 Å². The number of nitrogens with two attached hydrogens (primary N) is 1. The molecule has 0 saturated heterocycles. The number of amides is 2. The van der Waals surface area contributed by atoms with Gasteiger partial charge in [-0.05, 0) is 25.2 Å². The van der Waals surface area contributed by atoms with Crippen molar-refractivity contribution in [2.24, 2.45) is 11.7 Å². The summed E-state index contributed by atoms with van der Waals surface area (Å²) in [4.78, 5) is 10.5. The lowest BCUT2D eigenvalue weighted by Gasteiger charge is -2.16. The SMILES string of the molecule is CCC1CCCC(NCCNC(N)=O)CC1. The van der Waals surface area contributed by atoms with E-state index in [0.717, 1.165) is 12.5 Å². The van der Waals surface area contributed by atoms with Crippen LogP contribution in [-0.2, 0) is 0 Å². The van der Waals surface area contributed by atoms with E-state index in [1.54, 1.807) is 0 Å². The predicted molar refractivity (Wildman–Crippen MR) is 66.2 cm³/mol. The quantitative estimate of drug-likeness (QED) is 0.493. The van der Waals surface area contributed by atoms with Crippen molar-refractivity contribution in [1.29, 1.82) is 0 Å². The summed E-state index contributed by atoms with van der Waals surface area (Å²) < 4.78 is 0. The van der Waals surface area contributed by atoms with Gasteiger partial charge in [0.15, 0.2) is 0 Å². The van der Waals surface area contributed by atoms with Gasteiger partial charge in [-0.1, -0.05) is 26.2 Å². The number of urea groups is 1. The fraction of sp³-hybridized carbons (Fsp3) is 0.917. The Morgan fingerprint density at radius 1 is 1.25 bits per heavy atom. The van der Waals surface area contributed by atoms with Gasteiger partial charge < -0.3 is 16.4 Å². The molecule has 0 aliphatic heterocycles. The van der Waals surface area contributed by atoms with Crippen LogP contribution in [0.1, 0.15) is 45.4 Å². The minimum atomic E-state index is -0.436. The molecule has 0 heterocycles. The maximum Gasteiger partial charge on any atom is 0.312 e. The highest BCUT2D eigenvalue weighted by molar-refractivity contribution is 5.71. The molecule has 0 aromatic carbocycles. The minimum absolute atomic E-state index is 0.436. The first-order chi connectivity index (χ1) is 7.72. The van der Waals surface area contributed by atoms with Crippen LogP contribution in [0.25, 0.3) is 0 Å². The van der Waals surface area contributed by atoms with Crippen LogP contribution in [0.4, 0.5) is 4.79 Å². The Morgan fingerprint density at radius 3 is 2.75 bits per heavy atom. The molecule has 1 saturated carbocycles. The van der Waals surface area contributed by atoms with E-state index in [1.807, 2.05) is 0 Å². The predicted octanol–water partition coefficient (Wildman–Crippen LogP) is 1.60. The van der Waals surface area contributed by atoms with Crippen molar-refractivity contribution in [3.05, 3.63) is 0 Å². The van der Waals surface area contributed by atoms with Gasteiger partial charge in [-0.25, -0.2) is 4.79 Å². The van der Waals surface area contributed by atoms with Gasteiger partial charge in [0.2, 0.25) is 0 Å². The van der Waals surface area contributed by atoms with E-state index in [1.165, 1.54) is 38.5 Å². The molecule has 1 aliphatic rings. The van der Waals surface area contributed by atoms with Crippen LogP contribution in [0.2, 0.25) is 0 Å². The smallest absolute Gasteiger partial charge is 0.312 e. The molecule has 1 fully saturated rings. The fourth-order valence-electron chi connectivity index (χ4n) is 2.45. The summed E-state index contributed by atoms with van der Waals surface area (Å²) in [5.41, 5.74) is 5.00. The molecule has 0 aromatic heterocycles. The van der Waals surface area contributed by atoms with Crippen LogP contribution in [0, 0.1) is 5.92 Å².